The average molecular weight is 443 g/mol. The number of carbonyl (C=O) groups is 2. The number of esters is 1. The van der Waals surface area contributed by atoms with Crippen molar-refractivity contribution >= 4 is 32.0 Å². The molecule has 2 heterocycles. The van der Waals surface area contributed by atoms with E-state index in [9.17, 15) is 26.4 Å². The van der Waals surface area contributed by atoms with Gasteiger partial charge in [-0.1, -0.05) is 0 Å². The molecule has 2 atom stereocenters. The first-order valence-corrected chi connectivity index (χ1v) is 12.6. The van der Waals surface area contributed by atoms with Crippen LogP contribution < -0.4 is 0 Å². The van der Waals surface area contributed by atoms with Crippen LogP contribution in [0.4, 0.5) is 0 Å². The molecule has 2 saturated heterocycles. The molecule has 0 amide bonds. The number of hydrogen-bond donors (Lipinski definition) is 1. The first kappa shape index (κ1) is 24.8. The van der Waals surface area contributed by atoms with Crippen molar-refractivity contribution < 1.29 is 36.3 Å². The van der Waals surface area contributed by atoms with Crippen LogP contribution in [0, 0.1) is 0 Å². The molecule has 0 spiro atoms. The Morgan fingerprint density at radius 3 is 1.61 bits per heavy atom. The van der Waals surface area contributed by atoms with Crippen LogP contribution in [0.25, 0.3) is 0 Å². The van der Waals surface area contributed by atoms with E-state index in [2.05, 4.69) is 0 Å². The Balaban J connectivity index is 0.000000292. The smallest absolute Gasteiger partial charge is 0.324 e. The normalized spacial score (nSPS) is 24.5. The molecule has 12 heteroatoms. The van der Waals surface area contributed by atoms with Gasteiger partial charge in [-0.05, 0) is 46.5 Å². The Morgan fingerprint density at radius 2 is 1.29 bits per heavy atom. The van der Waals surface area contributed by atoms with Crippen LogP contribution in [0.1, 0.15) is 46.5 Å². The van der Waals surface area contributed by atoms with Gasteiger partial charge in [-0.15, -0.1) is 0 Å². The van der Waals surface area contributed by atoms with Gasteiger partial charge >= 0.3 is 11.9 Å². The Hall–Kier alpha value is -1.24. The van der Waals surface area contributed by atoms with Gasteiger partial charge in [0, 0.05) is 13.1 Å². The molecule has 2 fully saturated rings. The lowest BCUT2D eigenvalue weighted by Gasteiger charge is -2.25. The highest BCUT2D eigenvalue weighted by Gasteiger charge is 2.39. The number of ether oxygens (including phenoxy) is 1. The third kappa shape index (κ3) is 7.30. The minimum Gasteiger partial charge on any atom is -0.480 e. The Kier molecular flexibility index (Phi) is 8.02. The number of carboxylic acids is 1. The standard InChI is InChI=1S/C10H19NO4S.C6H11NO4S/c1-10(2,3)15-9(12)8-6-5-7-11(8)16(4,13)14;1-12(10,11)7-4-2-3-5(7)6(8)9/h8H,5-7H2,1-4H3;5H,2-4H2,1H3,(H,8,9)/t8-;5-/m00/s1. The number of carboxylic acid groups (broad SMARTS) is 1. The number of rotatable bonds is 4. The van der Waals surface area contributed by atoms with Gasteiger partial charge in [-0.3, -0.25) is 9.59 Å². The molecular weight excluding hydrogens is 412 g/mol. The lowest BCUT2D eigenvalue weighted by molar-refractivity contribution is -0.158. The maximum absolute atomic E-state index is 11.8. The van der Waals surface area contributed by atoms with Crippen LogP contribution in [-0.2, 0) is 34.4 Å². The first-order valence-electron chi connectivity index (χ1n) is 8.93. The van der Waals surface area contributed by atoms with Gasteiger partial charge in [0.2, 0.25) is 20.0 Å². The molecule has 28 heavy (non-hydrogen) atoms. The second-order valence-electron chi connectivity index (χ2n) is 7.94. The molecule has 0 aromatic carbocycles. The molecule has 2 rings (SSSR count). The molecule has 2 aliphatic rings. The number of sulfonamides is 2. The van der Waals surface area contributed by atoms with Crippen molar-refractivity contribution in [2.75, 3.05) is 25.6 Å². The second-order valence-corrected chi connectivity index (χ2v) is 11.8. The van der Waals surface area contributed by atoms with E-state index in [1.807, 2.05) is 0 Å². The van der Waals surface area contributed by atoms with Crippen molar-refractivity contribution in [2.45, 2.75) is 64.1 Å². The minimum absolute atomic E-state index is 0.329. The van der Waals surface area contributed by atoms with E-state index in [-0.39, 0.29) is 0 Å². The lowest BCUT2D eigenvalue weighted by atomic mass is 10.2. The highest BCUT2D eigenvalue weighted by Crippen LogP contribution is 2.23. The summed E-state index contributed by atoms with van der Waals surface area (Å²) in [7, 11) is -6.66. The average Bonchev–Trinajstić information content (AvgIpc) is 3.14. The quantitative estimate of drug-likeness (QED) is 0.611. The molecule has 0 aliphatic carbocycles. The summed E-state index contributed by atoms with van der Waals surface area (Å²) in [5.74, 6) is -1.51. The highest BCUT2D eigenvalue weighted by atomic mass is 32.2. The van der Waals surface area contributed by atoms with Crippen LogP contribution in [0.3, 0.4) is 0 Å². The number of hydrogen-bond acceptors (Lipinski definition) is 7. The van der Waals surface area contributed by atoms with Crippen LogP contribution in [0.15, 0.2) is 0 Å². The molecule has 0 saturated carbocycles. The molecule has 1 N–H and O–H groups in total. The van der Waals surface area contributed by atoms with Gasteiger partial charge in [0.15, 0.2) is 0 Å². The van der Waals surface area contributed by atoms with E-state index in [4.69, 9.17) is 9.84 Å². The van der Waals surface area contributed by atoms with Gasteiger partial charge in [0.1, 0.15) is 17.7 Å². The van der Waals surface area contributed by atoms with E-state index >= 15 is 0 Å². The number of carbonyl (C=O) groups excluding carboxylic acids is 1. The zero-order valence-corrected chi connectivity index (χ0v) is 18.5. The third-order valence-electron chi connectivity index (χ3n) is 4.22. The van der Waals surface area contributed by atoms with E-state index in [0.717, 1.165) is 16.8 Å². The summed E-state index contributed by atoms with van der Waals surface area (Å²) in [6.07, 6.45) is 4.45. The van der Waals surface area contributed by atoms with E-state index < -0.39 is 49.7 Å². The molecule has 0 aromatic rings. The molecule has 0 bridgehead atoms. The van der Waals surface area contributed by atoms with E-state index in [0.29, 0.717) is 38.8 Å². The summed E-state index contributed by atoms with van der Waals surface area (Å²) in [5, 5.41) is 8.64. The maximum atomic E-state index is 11.8. The van der Waals surface area contributed by atoms with Crippen LogP contribution in [0.2, 0.25) is 0 Å². The summed E-state index contributed by atoms with van der Waals surface area (Å²) in [5.41, 5.74) is -0.581. The topological polar surface area (TPSA) is 138 Å². The van der Waals surface area contributed by atoms with Crippen molar-refractivity contribution in [3.63, 3.8) is 0 Å². The van der Waals surface area contributed by atoms with E-state index in [1.54, 1.807) is 20.8 Å². The predicted molar refractivity (Wildman–Crippen MR) is 103 cm³/mol. The molecule has 0 unspecified atom stereocenters. The maximum Gasteiger partial charge on any atom is 0.324 e. The fourth-order valence-corrected chi connectivity index (χ4v) is 5.36. The summed E-state index contributed by atoms with van der Waals surface area (Å²) in [4.78, 5) is 22.3. The highest BCUT2D eigenvalue weighted by molar-refractivity contribution is 7.88. The summed E-state index contributed by atoms with van der Waals surface area (Å²) < 4.78 is 52.3. The first-order chi connectivity index (χ1) is 12.5. The summed E-state index contributed by atoms with van der Waals surface area (Å²) >= 11 is 0. The lowest BCUT2D eigenvalue weighted by Crippen LogP contribution is -2.43. The third-order valence-corrected chi connectivity index (χ3v) is 6.80. The van der Waals surface area contributed by atoms with Gasteiger partial charge < -0.3 is 9.84 Å². The molecule has 164 valence electrons. The van der Waals surface area contributed by atoms with Gasteiger partial charge in [0.25, 0.3) is 0 Å². The summed E-state index contributed by atoms with van der Waals surface area (Å²) in [6, 6.07) is -1.49. The monoisotopic (exact) mass is 442 g/mol. The van der Waals surface area contributed by atoms with Gasteiger partial charge in [-0.2, -0.15) is 8.61 Å². The van der Waals surface area contributed by atoms with Crippen molar-refractivity contribution in [1.82, 2.24) is 8.61 Å². The molecular formula is C16H30N2O8S2. The van der Waals surface area contributed by atoms with Crippen molar-refractivity contribution in [2.24, 2.45) is 0 Å². The van der Waals surface area contributed by atoms with Gasteiger partial charge in [0.05, 0.1) is 12.5 Å². The Morgan fingerprint density at radius 1 is 0.893 bits per heavy atom. The molecule has 2 aliphatic heterocycles. The van der Waals surface area contributed by atoms with E-state index in [1.165, 1.54) is 4.31 Å². The largest absolute Gasteiger partial charge is 0.480 e. The number of nitrogens with zero attached hydrogens (tertiary/aromatic N) is 2. The summed E-state index contributed by atoms with van der Waals surface area (Å²) in [6.45, 7) is 6.04. The second kappa shape index (κ2) is 9.06. The van der Waals surface area contributed by atoms with Crippen LogP contribution >= 0.6 is 0 Å². The molecule has 0 aromatic heterocycles. The Bertz CT molecular complexity index is 786. The zero-order valence-electron chi connectivity index (χ0n) is 16.9. The Labute approximate surface area is 166 Å². The van der Waals surface area contributed by atoms with Crippen molar-refractivity contribution in [3.8, 4) is 0 Å². The van der Waals surface area contributed by atoms with Crippen molar-refractivity contribution in [3.05, 3.63) is 0 Å². The number of aliphatic carboxylic acids is 1. The fourth-order valence-electron chi connectivity index (χ4n) is 3.13. The molecule has 10 nitrogen and oxygen atoms in total. The van der Waals surface area contributed by atoms with Crippen molar-refractivity contribution in [1.29, 1.82) is 0 Å². The SMILES string of the molecule is CC(C)(C)OC(=O)[C@@H]1CCCN1S(C)(=O)=O.CS(=O)(=O)N1CCC[C@H]1C(=O)O. The predicted octanol–water partition coefficient (Wildman–Crippen LogP) is 0.247. The fraction of sp³-hybridized carbons (Fsp3) is 0.875. The van der Waals surface area contributed by atoms with Gasteiger partial charge in [-0.25, -0.2) is 16.8 Å². The van der Waals surface area contributed by atoms with Crippen LogP contribution in [-0.4, -0.2) is 85.8 Å². The zero-order chi connectivity index (χ0) is 21.9. The molecule has 0 radical (unpaired) electrons. The van der Waals surface area contributed by atoms with Crippen LogP contribution in [0.5, 0.6) is 0 Å². The minimum atomic E-state index is -3.34.